The summed E-state index contributed by atoms with van der Waals surface area (Å²) in [5, 5.41) is 18.8. The standard InChI is InChI=1S/C17H16Cl2FNO6S2/c18-11-1-6-15(14(19)7-11)29(26,27)21-8-16(17(23,9-21)10-22)28(24,25)13-4-2-12(20)3-5-13/h1-7,16,22-23H,8-10H2/t16?,17-/m1/s1. The summed E-state index contributed by atoms with van der Waals surface area (Å²) >= 11 is 11.8. The molecule has 2 aromatic carbocycles. The maximum absolute atomic E-state index is 13.1. The Labute approximate surface area is 177 Å². The number of aliphatic hydroxyl groups excluding tert-OH is 1. The van der Waals surface area contributed by atoms with E-state index in [4.69, 9.17) is 23.2 Å². The summed E-state index contributed by atoms with van der Waals surface area (Å²) in [5.41, 5.74) is -2.26. The van der Waals surface area contributed by atoms with Crippen LogP contribution >= 0.6 is 23.2 Å². The molecule has 158 valence electrons. The third-order valence-electron chi connectivity index (χ3n) is 4.72. The Morgan fingerprint density at radius 1 is 1.10 bits per heavy atom. The maximum Gasteiger partial charge on any atom is 0.244 e. The van der Waals surface area contributed by atoms with E-state index in [2.05, 4.69) is 0 Å². The van der Waals surface area contributed by atoms with E-state index >= 15 is 0 Å². The summed E-state index contributed by atoms with van der Waals surface area (Å²) in [5.74, 6) is -0.658. The van der Waals surface area contributed by atoms with Gasteiger partial charge >= 0.3 is 0 Å². The molecule has 1 unspecified atom stereocenters. The van der Waals surface area contributed by atoms with Gasteiger partial charge in [0, 0.05) is 18.1 Å². The normalized spacial score (nSPS) is 23.4. The van der Waals surface area contributed by atoms with Gasteiger partial charge in [0.1, 0.15) is 21.6 Å². The average Bonchev–Trinajstić information content (AvgIpc) is 3.02. The van der Waals surface area contributed by atoms with Crippen LogP contribution in [0.4, 0.5) is 4.39 Å². The molecule has 0 bridgehead atoms. The Balaban J connectivity index is 2.03. The van der Waals surface area contributed by atoms with Crippen molar-refractivity contribution in [3.05, 3.63) is 58.3 Å². The molecule has 12 heteroatoms. The molecule has 2 aromatic rings. The zero-order chi connectivity index (χ0) is 21.6. The van der Waals surface area contributed by atoms with Crippen LogP contribution in [0.3, 0.4) is 0 Å². The van der Waals surface area contributed by atoms with Crippen LogP contribution in [0.2, 0.25) is 10.0 Å². The quantitative estimate of drug-likeness (QED) is 0.625. The first-order valence-electron chi connectivity index (χ1n) is 8.20. The minimum absolute atomic E-state index is 0.171. The molecule has 3 rings (SSSR count). The topological polar surface area (TPSA) is 112 Å². The second-order valence-corrected chi connectivity index (χ2v) is 11.5. The van der Waals surface area contributed by atoms with Crippen LogP contribution in [0.1, 0.15) is 0 Å². The van der Waals surface area contributed by atoms with Gasteiger partial charge in [0.15, 0.2) is 9.84 Å². The SMILES string of the molecule is O=S(=O)(c1ccc(F)cc1)C1CN(S(=O)(=O)c2ccc(Cl)cc2Cl)C[C@@]1(O)CO. The molecule has 0 amide bonds. The van der Waals surface area contributed by atoms with Crippen molar-refractivity contribution in [2.24, 2.45) is 0 Å². The average molecular weight is 484 g/mol. The Hall–Kier alpha value is -1.27. The van der Waals surface area contributed by atoms with Crippen LogP contribution in [0.15, 0.2) is 52.3 Å². The lowest BCUT2D eigenvalue weighted by Gasteiger charge is -2.26. The predicted molar refractivity (Wildman–Crippen MR) is 105 cm³/mol. The van der Waals surface area contributed by atoms with E-state index < -0.39 is 56.2 Å². The van der Waals surface area contributed by atoms with E-state index in [1.807, 2.05) is 0 Å². The first-order valence-corrected chi connectivity index (χ1v) is 11.9. The highest BCUT2D eigenvalue weighted by Gasteiger charge is 2.55. The Bertz CT molecular complexity index is 1140. The first-order chi connectivity index (χ1) is 13.4. The molecule has 1 aliphatic heterocycles. The molecule has 1 heterocycles. The van der Waals surface area contributed by atoms with Crippen molar-refractivity contribution >= 4 is 43.1 Å². The molecule has 29 heavy (non-hydrogen) atoms. The smallest absolute Gasteiger partial charge is 0.244 e. The van der Waals surface area contributed by atoms with Gasteiger partial charge in [0.2, 0.25) is 10.0 Å². The fourth-order valence-electron chi connectivity index (χ4n) is 3.16. The third-order valence-corrected chi connectivity index (χ3v) is 9.52. The highest BCUT2D eigenvalue weighted by Crippen LogP contribution is 2.36. The number of rotatable bonds is 5. The first kappa shape index (κ1) is 22.4. The monoisotopic (exact) mass is 483 g/mol. The van der Waals surface area contributed by atoms with E-state index in [-0.39, 0.29) is 19.8 Å². The lowest BCUT2D eigenvalue weighted by atomic mass is 10.1. The van der Waals surface area contributed by atoms with Gasteiger partial charge < -0.3 is 10.2 Å². The van der Waals surface area contributed by atoms with Crippen molar-refractivity contribution in [1.82, 2.24) is 4.31 Å². The van der Waals surface area contributed by atoms with Crippen molar-refractivity contribution in [2.75, 3.05) is 19.7 Å². The van der Waals surface area contributed by atoms with Crippen LogP contribution in [0, 0.1) is 5.82 Å². The fraction of sp³-hybridized carbons (Fsp3) is 0.294. The number of hydrogen-bond acceptors (Lipinski definition) is 6. The van der Waals surface area contributed by atoms with E-state index in [1.165, 1.54) is 18.2 Å². The molecule has 2 N–H and O–H groups in total. The van der Waals surface area contributed by atoms with Crippen molar-refractivity contribution in [2.45, 2.75) is 20.6 Å². The summed E-state index contributed by atoms with van der Waals surface area (Å²) in [6.45, 7) is -2.30. The highest BCUT2D eigenvalue weighted by atomic mass is 35.5. The van der Waals surface area contributed by atoms with Gasteiger partial charge in [0.05, 0.1) is 16.5 Å². The largest absolute Gasteiger partial charge is 0.393 e. The molecule has 2 atom stereocenters. The molecule has 0 radical (unpaired) electrons. The fourth-order valence-corrected chi connectivity index (χ4v) is 7.47. The summed E-state index contributed by atoms with van der Waals surface area (Å²) in [6.07, 6.45) is 0. The zero-order valence-corrected chi connectivity index (χ0v) is 17.8. The molecule has 0 aliphatic carbocycles. The van der Waals surface area contributed by atoms with Gasteiger partial charge in [-0.1, -0.05) is 23.2 Å². The summed E-state index contributed by atoms with van der Waals surface area (Å²) in [4.78, 5) is -0.622. The van der Waals surface area contributed by atoms with E-state index in [9.17, 15) is 31.4 Å². The molecule has 0 aromatic heterocycles. The molecule has 1 fully saturated rings. The molecule has 1 saturated heterocycles. The number of benzene rings is 2. The summed E-state index contributed by atoms with van der Waals surface area (Å²) in [6, 6.07) is 7.58. The maximum atomic E-state index is 13.1. The number of nitrogens with zero attached hydrogens (tertiary/aromatic N) is 1. The summed E-state index contributed by atoms with van der Waals surface area (Å²) < 4.78 is 65.8. The van der Waals surface area contributed by atoms with Crippen LogP contribution in [0.25, 0.3) is 0 Å². The Morgan fingerprint density at radius 3 is 2.28 bits per heavy atom. The number of sulfonamides is 1. The van der Waals surface area contributed by atoms with Gasteiger partial charge in [-0.05, 0) is 42.5 Å². The minimum atomic E-state index is -4.30. The van der Waals surface area contributed by atoms with Gasteiger partial charge in [-0.15, -0.1) is 0 Å². The highest BCUT2D eigenvalue weighted by molar-refractivity contribution is 7.92. The lowest BCUT2D eigenvalue weighted by Crippen LogP contribution is -2.49. The predicted octanol–water partition coefficient (Wildman–Crippen LogP) is 1.70. The van der Waals surface area contributed by atoms with Gasteiger partial charge in [0.25, 0.3) is 0 Å². The van der Waals surface area contributed by atoms with Crippen LogP contribution < -0.4 is 0 Å². The van der Waals surface area contributed by atoms with Crippen molar-refractivity contribution in [1.29, 1.82) is 0 Å². The number of sulfone groups is 1. The molecule has 0 saturated carbocycles. The molecular formula is C17H16Cl2FNO6S2. The number of hydrogen-bond donors (Lipinski definition) is 2. The summed E-state index contributed by atoms with van der Waals surface area (Å²) in [7, 11) is -8.61. The van der Waals surface area contributed by atoms with Crippen molar-refractivity contribution < 1.29 is 31.4 Å². The van der Waals surface area contributed by atoms with Crippen LogP contribution in [-0.2, 0) is 19.9 Å². The molecular weight excluding hydrogens is 468 g/mol. The van der Waals surface area contributed by atoms with Gasteiger partial charge in [-0.25, -0.2) is 21.2 Å². The van der Waals surface area contributed by atoms with E-state index in [1.54, 1.807) is 0 Å². The second-order valence-electron chi connectivity index (χ2n) is 6.62. The number of halogens is 3. The molecule has 1 aliphatic rings. The van der Waals surface area contributed by atoms with E-state index in [0.29, 0.717) is 0 Å². The number of aliphatic hydroxyl groups is 2. The zero-order valence-electron chi connectivity index (χ0n) is 14.7. The Morgan fingerprint density at radius 2 is 1.72 bits per heavy atom. The molecule has 7 nitrogen and oxygen atoms in total. The minimum Gasteiger partial charge on any atom is -0.393 e. The van der Waals surface area contributed by atoms with Crippen molar-refractivity contribution in [3.63, 3.8) is 0 Å². The van der Waals surface area contributed by atoms with Gasteiger partial charge in [-0.2, -0.15) is 4.31 Å². The number of β-amino-alcohol motifs (C(OH)–C–C–N with tert-alkyl or cyclic N) is 1. The Kier molecular flexibility index (Phi) is 6.00. The lowest BCUT2D eigenvalue weighted by molar-refractivity contribution is 0.00160. The van der Waals surface area contributed by atoms with E-state index in [0.717, 1.165) is 28.6 Å². The van der Waals surface area contributed by atoms with Gasteiger partial charge in [-0.3, -0.25) is 0 Å². The second kappa shape index (κ2) is 7.77. The van der Waals surface area contributed by atoms with Crippen LogP contribution in [-0.4, -0.2) is 61.9 Å². The molecule has 0 spiro atoms. The van der Waals surface area contributed by atoms with Crippen LogP contribution in [0.5, 0.6) is 0 Å². The third kappa shape index (κ3) is 4.02. The van der Waals surface area contributed by atoms with Crippen molar-refractivity contribution in [3.8, 4) is 0 Å².